The van der Waals surface area contributed by atoms with Crippen LogP contribution >= 0.6 is 0 Å². The Morgan fingerprint density at radius 3 is 2.32 bits per heavy atom. The second kappa shape index (κ2) is 6.83. The summed E-state index contributed by atoms with van der Waals surface area (Å²) < 4.78 is 31.6. The minimum atomic E-state index is -1.20. The van der Waals surface area contributed by atoms with Crippen molar-refractivity contribution < 1.29 is 28.2 Å². The minimum Gasteiger partial charge on any atom is -0.481 e. The molecule has 0 aliphatic carbocycles. The standard InChI is InChI=1S/C15H19F2NO4/c1-15(2,3)22-14(21)13(11(18)7-12(19)20)8-4-5-9(16)10(17)6-8/h4-6,11,13H,7,18H2,1-3H3,(H,19,20). The van der Waals surface area contributed by atoms with E-state index < -0.39 is 47.6 Å². The van der Waals surface area contributed by atoms with Gasteiger partial charge >= 0.3 is 11.9 Å². The fourth-order valence-corrected chi connectivity index (χ4v) is 1.95. The molecule has 0 saturated carbocycles. The van der Waals surface area contributed by atoms with Gasteiger partial charge in [-0.1, -0.05) is 6.07 Å². The number of carboxylic acid groups (broad SMARTS) is 1. The van der Waals surface area contributed by atoms with Crippen molar-refractivity contribution in [1.29, 1.82) is 0 Å². The summed E-state index contributed by atoms with van der Waals surface area (Å²) in [5, 5.41) is 8.83. The van der Waals surface area contributed by atoms with Gasteiger partial charge in [0, 0.05) is 6.04 Å². The van der Waals surface area contributed by atoms with Crippen LogP contribution in [0.3, 0.4) is 0 Å². The summed E-state index contributed by atoms with van der Waals surface area (Å²) in [7, 11) is 0. The Morgan fingerprint density at radius 2 is 1.86 bits per heavy atom. The summed E-state index contributed by atoms with van der Waals surface area (Å²) in [6, 6.07) is 1.74. The molecule has 0 aliphatic heterocycles. The van der Waals surface area contributed by atoms with Gasteiger partial charge in [0.2, 0.25) is 0 Å². The number of hydrogen-bond acceptors (Lipinski definition) is 4. The molecule has 22 heavy (non-hydrogen) atoms. The third-order valence-electron chi connectivity index (χ3n) is 2.80. The highest BCUT2D eigenvalue weighted by molar-refractivity contribution is 5.81. The van der Waals surface area contributed by atoms with E-state index >= 15 is 0 Å². The summed E-state index contributed by atoms with van der Waals surface area (Å²) in [4.78, 5) is 23.1. The predicted molar refractivity (Wildman–Crippen MR) is 75.2 cm³/mol. The van der Waals surface area contributed by atoms with Crippen molar-refractivity contribution in [2.75, 3.05) is 0 Å². The van der Waals surface area contributed by atoms with Crippen LogP contribution in [0.2, 0.25) is 0 Å². The zero-order valence-electron chi connectivity index (χ0n) is 12.6. The smallest absolute Gasteiger partial charge is 0.315 e. The van der Waals surface area contributed by atoms with Gasteiger partial charge in [0.25, 0.3) is 0 Å². The number of hydrogen-bond donors (Lipinski definition) is 2. The molecule has 1 aromatic carbocycles. The van der Waals surface area contributed by atoms with Crippen molar-refractivity contribution >= 4 is 11.9 Å². The van der Waals surface area contributed by atoms with Crippen molar-refractivity contribution in [3.63, 3.8) is 0 Å². The Labute approximate surface area is 127 Å². The van der Waals surface area contributed by atoms with Crippen LogP contribution in [-0.2, 0) is 14.3 Å². The van der Waals surface area contributed by atoms with Gasteiger partial charge in [-0.25, -0.2) is 8.78 Å². The van der Waals surface area contributed by atoms with Gasteiger partial charge in [0.1, 0.15) is 5.60 Å². The Bertz CT molecular complexity index is 569. The van der Waals surface area contributed by atoms with Gasteiger partial charge in [-0.3, -0.25) is 9.59 Å². The van der Waals surface area contributed by atoms with Crippen LogP contribution in [0.4, 0.5) is 8.78 Å². The molecule has 122 valence electrons. The van der Waals surface area contributed by atoms with E-state index in [4.69, 9.17) is 15.6 Å². The molecule has 2 unspecified atom stereocenters. The molecule has 5 nitrogen and oxygen atoms in total. The summed E-state index contributed by atoms with van der Waals surface area (Å²) in [5.74, 6) is -5.41. The molecule has 0 bridgehead atoms. The maximum absolute atomic E-state index is 13.4. The molecule has 7 heteroatoms. The molecule has 2 atom stereocenters. The third-order valence-corrected chi connectivity index (χ3v) is 2.80. The summed E-state index contributed by atoms with van der Waals surface area (Å²) >= 11 is 0. The van der Waals surface area contributed by atoms with Gasteiger partial charge in [0.15, 0.2) is 11.6 Å². The Morgan fingerprint density at radius 1 is 1.27 bits per heavy atom. The molecular weight excluding hydrogens is 296 g/mol. The Hall–Kier alpha value is -2.02. The Kier molecular flexibility index (Phi) is 5.59. The first-order valence-corrected chi connectivity index (χ1v) is 6.66. The van der Waals surface area contributed by atoms with Crippen molar-refractivity contribution in [1.82, 2.24) is 0 Å². The quantitative estimate of drug-likeness (QED) is 0.813. The van der Waals surface area contributed by atoms with E-state index in [-0.39, 0.29) is 5.56 Å². The first-order valence-electron chi connectivity index (χ1n) is 6.66. The molecular formula is C15H19F2NO4. The van der Waals surface area contributed by atoms with E-state index in [1.165, 1.54) is 6.07 Å². The predicted octanol–water partition coefficient (Wildman–Crippen LogP) is 2.19. The number of carbonyl (C=O) groups excluding carboxylic acids is 1. The Balaban J connectivity index is 3.17. The molecule has 1 aromatic rings. The van der Waals surface area contributed by atoms with Crippen LogP contribution in [0.15, 0.2) is 18.2 Å². The lowest BCUT2D eigenvalue weighted by Crippen LogP contribution is -2.39. The lowest BCUT2D eigenvalue weighted by atomic mass is 9.89. The fourth-order valence-electron chi connectivity index (χ4n) is 1.95. The highest BCUT2D eigenvalue weighted by atomic mass is 19.2. The van der Waals surface area contributed by atoms with Gasteiger partial charge in [-0.05, 0) is 38.5 Å². The molecule has 3 N–H and O–H groups in total. The average Bonchev–Trinajstić information content (AvgIpc) is 2.30. The number of nitrogens with two attached hydrogens (primary N) is 1. The van der Waals surface area contributed by atoms with Crippen molar-refractivity contribution in [2.24, 2.45) is 5.73 Å². The average molecular weight is 315 g/mol. The zero-order valence-corrected chi connectivity index (χ0v) is 12.6. The largest absolute Gasteiger partial charge is 0.481 e. The van der Waals surface area contributed by atoms with Crippen molar-refractivity contribution in [2.45, 2.75) is 44.8 Å². The number of halogens is 2. The molecule has 0 fully saturated rings. The second-order valence-electron chi connectivity index (χ2n) is 5.95. The van der Waals surface area contributed by atoms with Gasteiger partial charge < -0.3 is 15.6 Å². The molecule has 0 amide bonds. The van der Waals surface area contributed by atoms with E-state index in [0.717, 1.165) is 12.1 Å². The highest BCUT2D eigenvalue weighted by Gasteiger charge is 2.33. The van der Waals surface area contributed by atoms with Crippen molar-refractivity contribution in [3.05, 3.63) is 35.4 Å². The molecule has 0 aliphatic rings. The molecule has 1 rings (SSSR count). The molecule has 0 heterocycles. The van der Waals surface area contributed by atoms with Crippen LogP contribution in [0, 0.1) is 11.6 Å². The zero-order chi connectivity index (χ0) is 17.1. The van der Waals surface area contributed by atoms with Crippen LogP contribution in [0.1, 0.15) is 38.7 Å². The summed E-state index contributed by atoms with van der Waals surface area (Å²) in [6.45, 7) is 4.90. The molecule has 0 radical (unpaired) electrons. The van der Waals surface area contributed by atoms with E-state index in [2.05, 4.69) is 0 Å². The second-order valence-corrected chi connectivity index (χ2v) is 5.95. The van der Waals surface area contributed by atoms with E-state index in [1.807, 2.05) is 0 Å². The SMILES string of the molecule is CC(C)(C)OC(=O)C(c1ccc(F)c(F)c1)C(N)CC(=O)O. The number of aliphatic carboxylic acids is 1. The fraction of sp³-hybridized carbons (Fsp3) is 0.467. The van der Waals surface area contributed by atoms with Crippen molar-refractivity contribution in [3.8, 4) is 0 Å². The van der Waals surface area contributed by atoms with E-state index in [9.17, 15) is 18.4 Å². The molecule has 0 spiro atoms. The summed E-state index contributed by atoms with van der Waals surface area (Å²) in [5.41, 5.74) is 5.01. The normalized spacial score (nSPS) is 14.3. The van der Waals surface area contributed by atoms with Gasteiger partial charge in [0.05, 0.1) is 12.3 Å². The van der Waals surface area contributed by atoms with Crippen LogP contribution in [-0.4, -0.2) is 28.7 Å². The van der Waals surface area contributed by atoms with Gasteiger partial charge in [-0.15, -0.1) is 0 Å². The number of esters is 1. The van der Waals surface area contributed by atoms with Gasteiger partial charge in [-0.2, -0.15) is 0 Å². The summed E-state index contributed by atoms with van der Waals surface area (Å²) in [6.07, 6.45) is -0.511. The van der Waals surface area contributed by atoms with Crippen LogP contribution < -0.4 is 5.73 Å². The van der Waals surface area contributed by atoms with Crippen LogP contribution in [0.25, 0.3) is 0 Å². The molecule has 0 aromatic heterocycles. The minimum absolute atomic E-state index is 0.0712. The number of rotatable bonds is 5. The number of carboxylic acids is 1. The molecule has 0 saturated heterocycles. The number of ether oxygens (including phenoxy) is 1. The lowest BCUT2D eigenvalue weighted by Gasteiger charge is -2.27. The van der Waals surface area contributed by atoms with E-state index in [1.54, 1.807) is 20.8 Å². The number of benzene rings is 1. The van der Waals surface area contributed by atoms with Crippen LogP contribution in [0.5, 0.6) is 0 Å². The lowest BCUT2D eigenvalue weighted by molar-refractivity contribution is -0.157. The maximum Gasteiger partial charge on any atom is 0.315 e. The number of carbonyl (C=O) groups is 2. The first-order chi connectivity index (χ1) is 10.0. The highest BCUT2D eigenvalue weighted by Crippen LogP contribution is 2.26. The third kappa shape index (κ3) is 5.07. The topological polar surface area (TPSA) is 89.6 Å². The monoisotopic (exact) mass is 315 g/mol. The van der Waals surface area contributed by atoms with E-state index in [0.29, 0.717) is 0 Å². The maximum atomic E-state index is 13.4. The first kappa shape index (κ1) is 18.0.